The molecule has 0 aliphatic carbocycles. The quantitative estimate of drug-likeness (QED) is 0.680. The number of ether oxygens (including phenoxy) is 2. The number of hydrogen-bond donors (Lipinski definition) is 0. The molecule has 0 aliphatic heterocycles. The zero-order chi connectivity index (χ0) is 18.0. The molecule has 132 valence electrons. The average molecular weight is 342 g/mol. The fraction of sp³-hybridized carbons (Fsp3) is 0.471. The molecule has 8 nitrogen and oxygen atoms in total. The maximum absolute atomic E-state index is 5.36. The van der Waals surface area contributed by atoms with Crippen LogP contribution in [0, 0.1) is 6.92 Å². The molecule has 0 unspecified atom stereocenters. The average Bonchev–Trinajstić information content (AvgIpc) is 3.04. The van der Waals surface area contributed by atoms with Crippen molar-refractivity contribution in [2.75, 3.05) is 14.2 Å². The number of aromatic nitrogens is 6. The highest BCUT2D eigenvalue weighted by Gasteiger charge is 2.19. The van der Waals surface area contributed by atoms with E-state index in [0.29, 0.717) is 28.8 Å². The molecule has 0 saturated heterocycles. The largest absolute Gasteiger partial charge is 0.480 e. The minimum absolute atomic E-state index is 0.241. The van der Waals surface area contributed by atoms with Crippen LogP contribution < -0.4 is 9.47 Å². The molecule has 0 spiro atoms. The molecule has 0 atom stereocenters. The summed E-state index contributed by atoms with van der Waals surface area (Å²) in [5.41, 5.74) is 3.48. The Labute approximate surface area is 146 Å². The van der Waals surface area contributed by atoms with Crippen molar-refractivity contribution in [1.82, 2.24) is 29.5 Å². The Balaban J connectivity index is 2.14. The molecule has 0 bridgehead atoms. The molecule has 0 aliphatic rings. The Hall–Kier alpha value is -2.77. The second-order valence-electron chi connectivity index (χ2n) is 5.71. The SMILES string of the molecule is CCC(CC)n1cnc2nc(-c3cnc(OC)nc3OC)c(C)nc21. The zero-order valence-electron chi connectivity index (χ0n) is 15.1. The van der Waals surface area contributed by atoms with Crippen LogP contribution in [0.15, 0.2) is 12.5 Å². The van der Waals surface area contributed by atoms with Gasteiger partial charge in [-0.1, -0.05) is 13.8 Å². The number of fused-ring (bicyclic) bond motifs is 1. The van der Waals surface area contributed by atoms with Gasteiger partial charge in [0.15, 0.2) is 11.3 Å². The predicted molar refractivity (Wildman–Crippen MR) is 93.8 cm³/mol. The van der Waals surface area contributed by atoms with Crippen LogP contribution in [0.2, 0.25) is 0 Å². The first kappa shape index (κ1) is 17.1. The predicted octanol–water partition coefficient (Wildman–Crippen LogP) is 2.97. The third-order valence-electron chi connectivity index (χ3n) is 4.28. The Morgan fingerprint density at radius 1 is 1.04 bits per heavy atom. The van der Waals surface area contributed by atoms with E-state index >= 15 is 0 Å². The highest BCUT2D eigenvalue weighted by atomic mass is 16.5. The van der Waals surface area contributed by atoms with Gasteiger partial charge in [-0.25, -0.2) is 19.9 Å². The monoisotopic (exact) mass is 342 g/mol. The molecule has 3 aromatic heterocycles. The van der Waals surface area contributed by atoms with Crippen LogP contribution >= 0.6 is 0 Å². The van der Waals surface area contributed by atoms with Gasteiger partial charge >= 0.3 is 6.01 Å². The minimum atomic E-state index is 0.241. The summed E-state index contributed by atoms with van der Waals surface area (Å²) in [6.07, 6.45) is 5.48. The molecule has 0 amide bonds. The summed E-state index contributed by atoms with van der Waals surface area (Å²) in [5.74, 6) is 0.392. The highest BCUT2D eigenvalue weighted by Crippen LogP contribution is 2.31. The van der Waals surface area contributed by atoms with Gasteiger partial charge in [-0.05, 0) is 19.8 Å². The van der Waals surface area contributed by atoms with Crippen LogP contribution in [0.25, 0.3) is 22.6 Å². The summed E-state index contributed by atoms with van der Waals surface area (Å²) in [6, 6.07) is 0.605. The summed E-state index contributed by atoms with van der Waals surface area (Å²) >= 11 is 0. The summed E-state index contributed by atoms with van der Waals surface area (Å²) in [4.78, 5) is 22.2. The van der Waals surface area contributed by atoms with Gasteiger partial charge in [0.25, 0.3) is 0 Å². The van der Waals surface area contributed by atoms with E-state index < -0.39 is 0 Å². The lowest BCUT2D eigenvalue weighted by molar-refractivity contribution is 0.353. The number of rotatable bonds is 6. The maximum atomic E-state index is 5.36. The number of nitrogens with zero attached hydrogens (tertiary/aromatic N) is 6. The normalized spacial score (nSPS) is 11.3. The first-order chi connectivity index (χ1) is 12.1. The van der Waals surface area contributed by atoms with E-state index in [4.69, 9.17) is 14.5 Å². The van der Waals surface area contributed by atoms with Crippen LogP contribution in [-0.2, 0) is 0 Å². The molecule has 0 saturated carbocycles. The summed E-state index contributed by atoms with van der Waals surface area (Å²) in [5, 5.41) is 0. The van der Waals surface area contributed by atoms with Gasteiger partial charge in [0.1, 0.15) is 5.69 Å². The molecular formula is C17H22N6O2. The molecule has 8 heteroatoms. The fourth-order valence-electron chi connectivity index (χ4n) is 2.90. The second kappa shape index (κ2) is 7.00. The third kappa shape index (κ3) is 2.99. The van der Waals surface area contributed by atoms with Crippen LogP contribution in [0.3, 0.4) is 0 Å². The number of aryl methyl sites for hydroxylation is 1. The molecule has 3 rings (SSSR count). The Bertz CT molecular complexity index is 888. The topological polar surface area (TPSA) is 87.8 Å². The number of imidazole rings is 1. The van der Waals surface area contributed by atoms with Gasteiger partial charge < -0.3 is 14.0 Å². The van der Waals surface area contributed by atoms with Crippen LogP contribution in [-0.4, -0.2) is 43.7 Å². The van der Waals surface area contributed by atoms with Crippen molar-refractivity contribution >= 4 is 11.3 Å². The van der Waals surface area contributed by atoms with Crippen molar-refractivity contribution in [1.29, 1.82) is 0 Å². The van der Waals surface area contributed by atoms with E-state index in [9.17, 15) is 0 Å². The molecule has 3 heterocycles. The highest BCUT2D eigenvalue weighted by molar-refractivity contribution is 5.74. The molecule has 0 radical (unpaired) electrons. The zero-order valence-corrected chi connectivity index (χ0v) is 15.1. The first-order valence-corrected chi connectivity index (χ1v) is 8.29. The second-order valence-corrected chi connectivity index (χ2v) is 5.71. The van der Waals surface area contributed by atoms with Crippen LogP contribution in [0.1, 0.15) is 38.4 Å². The third-order valence-corrected chi connectivity index (χ3v) is 4.28. The van der Waals surface area contributed by atoms with Gasteiger partial charge in [-0.15, -0.1) is 0 Å². The van der Waals surface area contributed by atoms with Crippen molar-refractivity contribution in [3.63, 3.8) is 0 Å². The Kier molecular flexibility index (Phi) is 4.78. The van der Waals surface area contributed by atoms with E-state index in [0.717, 1.165) is 24.2 Å². The summed E-state index contributed by atoms with van der Waals surface area (Å²) in [7, 11) is 3.06. The lowest BCUT2D eigenvalue weighted by Gasteiger charge is -2.15. The summed E-state index contributed by atoms with van der Waals surface area (Å²) in [6.45, 7) is 6.23. The molecule has 25 heavy (non-hydrogen) atoms. The summed E-state index contributed by atoms with van der Waals surface area (Å²) < 4.78 is 12.5. The maximum Gasteiger partial charge on any atom is 0.319 e. The lowest BCUT2D eigenvalue weighted by atomic mass is 10.1. The number of methoxy groups -OCH3 is 2. The molecule has 3 aromatic rings. The van der Waals surface area contributed by atoms with Crippen molar-refractivity contribution in [2.24, 2.45) is 0 Å². The number of hydrogen-bond acceptors (Lipinski definition) is 7. The van der Waals surface area contributed by atoms with Gasteiger partial charge in [0.05, 0.1) is 31.8 Å². The van der Waals surface area contributed by atoms with Gasteiger partial charge in [-0.3, -0.25) is 0 Å². The Morgan fingerprint density at radius 3 is 2.44 bits per heavy atom. The fourth-order valence-corrected chi connectivity index (χ4v) is 2.90. The molecule has 0 aromatic carbocycles. The molecular weight excluding hydrogens is 320 g/mol. The van der Waals surface area contributed by atoms with E-state index in [1.165, 1.54) is 7.11 Å². The van der Waals surface area contributed by atoms with Crippen molar-refractivity contribution in [3.05, 3.63) is 18.2 Å². The van der Waals surface area contributed by atoms with Gasteiger partial charge in [-0.2, -0.15) is 4.98 Å². The van der Waals surface area contributed by atoms with Crippen molar-refractivity contribution in [2.45, 2.75) is 39.7 Å². The standard InChI is InChI=1S/C17H22N6O2/c1-6-11(7-2)23-9-19-14-15(23)20-10(3)13(21-14)12-8-18-17(25-5)22-16(12)24-4/h8-9,11H,6-7H2,1-5H3. The molecule has 0 fully saturated rings. The lowest BCUT2D eigenvalue weighted by Crippen LogP contribution is -2.07. The first-order valence-electron chi connectivity index (χ1n) is 8.29. The van der Waals surface area contributed by atoms with E-state index in [2.05, 4.69) is 38.4 Å². The minimum Gasteiger partial charge on any atom is -0.480 e. The smallest absolute Gasteiger partial charge is 0.319 e. The van der Waals surface area contributed by atoms with Gasteiger partial charge in [0.2, 0.25) is 5.88 Å². The van der Waals surface area contributed by atoms with Crippen molar-refractivity contribution in [3.8, 4) is 23.1 Å². The molecule has 0 N–H and O–H groups in total. The van der Waals surface area contributed by atoms with E-state index in [1.807, 2.05) is 13.3 Å². The Morgan fingerprint density at radius 2 is 1.80 bits per heavy atom. The van der Waals surface area contributed by atoms with Gasteiger partial charge in [0, 0.05) is 12.2 Å². The van der Waals surface area contributed by atoms with Crippen LogP contribution in [0.5, 0.6) is 11.9 Å². The van der Waals surface area contributed by atoms with E-state index in [1.54, 1.807) is 13.3 Å². The van der Waals surface area contributed by atoms with Crippen LogP contribution in [0.4, 0.5) is 0 Å². The van der Waals surface area contributed by atoms with Crippen molar-refractivity contribution < 1.29 is 9.47 Å². The van der Waals surface area contributed by atoms with E-state index in [-0.39, 0.29) is 6.01 Å².